The molecule has 3 fully saturated rings. The quantitative estimate of drug-likeness (QED) is 0.0923. The molecule has 2 aliphatic heterocycles. The topological polar surface area (TPSA) is 113 Å². The number of amides is 4. The van der Waals surface area contributed by atoms with Crippen LogP contribution in [0.1, 0.15) is 41.0 Å². The van der Waals surface area contributed by atoms with E-state index in [4.69, 9.17) is 21.1 Å². The van der Waals surface area contributed by atoms with Crippen molar-refractivity contribution < 1.29 is 33.8 Å². The van der Waals surface area contributed by atoms with Crippen molar-refractivity contribution in [3.8, 4) is 17.2 Å². The fourth-order valence-corrected chi connectivity index (χ4v) is 10.9. The molecule has 4 amide bonds. The van der Waals surface area contributed by atoms with Gasteiger partial charge in [0.05, 0.1) is 48.8 Å². The van der Waals surface area contributed by atoms with E-state index in [2.05, 4.69) is 0 Å². The predicted molar refractivity (Wildman–Crippen MR) is 239 cm³/mol. The van der Waals surface area contributed by atoms with Gasteiger partial charge in [-0.15, -0.1) is 0 Å². The molecule has 2 saturated heterocycles. The predicted octanol–water partition coefficient (Wildman–Crippen LogP) is 9.75. The molecule has 6 unspecified atom stereocenters. The maximum atomic E-state index is 15.6. The number of fused-ring (bicyclic) bond motifs is 5. The first-order valence-corrected chi connectivity index (χ1v) is 21.0. The minimum Gasteiger partial charge on any atom is -0.507 e. The Morgan fingerprint density at radius 2 is 1.48 bits per heavy atom. The van der Waals surface area contributed by atoms with E-state index in [1.807, 2.05) is 115 Å². The van der Waals surface area contributed by atoms with Crippen LogP contribution in [0.3, 0.4) is 0 Å². The molecule has 9 nitrogen and oxygen atoms in total. The molecular formula is C52H41ClN2O7. The van der Waals surface area contributed by atoms with Gasteiger partial charge >= 0.3 is 0 Å². The van der Waals surface area contributed by atoms with Gasteiger partial charge in [0.25, 0.3) is 0 Å². The molecule has 6 aromatic carbocycles. The molecule has 10 rings (SSSR count). The van der Waals surface area contributed by atoms with Crippen LogP contribution in [0.25, 0.3) is 22.9 Å². The van der Waals surface area contributed by atoms with E-state index in [0.29, 0.717) is 44.4 Å². The number of hydrogen-bond donors (Lipinski definition) is 1. The second kappa shape index (κ2) is 15.2. The van der Waals surface area contributed by atoms with Gasteiger partial charge < -0.3 is 14.6 Å². The average molecular weight is 841 g/mol. The zero-order valence-electron chi connectivity index (χ0n) is 33.9. The standard InChI is InChI=1S/C52H41ClN2O7/c1-61-37-22-26-44(62-2)32(27-37)18-15-30-16-20-35(21-17-30)54-48(57)40-25-24-39-42(45(40)50(54)59)29-43-49(58)55(36-13-8-12-34(53)28-36)51(60)52(43,33-10-4-3-5-11-33)46(39)41-23-19-31-9-6-7-14-38(31)47(41)56/h3-24,26-28,40,42-43,45-46,56H,25,29H2,1-2H3. The van der Waals surface area contributed by atoms with Gasteiger partial charge in [-0.05, 0) is 83.8 Å². The fraction of sp³-hybridized carbons (Fsp3) is 0.192. The van der Waals surface area contributed by atoms with E-state index < -0.39 is 46.8 Å². The van der Waals surface area contributed by atoms with Gasteiger partial charge in [0.1, 0.15) is 17.2 Å². The third-order valence-electron chi connectivity index (χ3n) is 13.5. The van der Waals surface area contributed by atoms with Crippen molar-refractivity contribution in [2.75, 3.05) is 24.0 Å². The highest BCUT2D eigenvalue weighted by atomic mass is 35.5. The molecule has 1 saturated carbocycles. The number of benzene rings is 6. The Kier molecular flexibility index (Phi) is 9.60. The molecule has 0 aromatic heterocycles. The summed E-state index contributed by atoms with van der Waals surface area (Å²) in [5, 5.41) is 14.1. The monoisotopic (exact) mass is 840 g/mol. The molecule has 0 radical (unpaired) electrons. The van der Waals surface area contributed by atoms with E-state index in [9.17, 15) is 14.7 Å². The minimum atomic E-state index is -1.51. The lowest BCUT2D eigenvalue weighted by molar-refractivity contribution is -0.127. The van der Waals surface area contributed by atoms with Crippen LogP contribution >= 0.6 is 11.6 Å². The number of methoxy groups -OCH3 is 2. The largest absolute Gasteiger partial charge is 0.507 e. The van der Waals surface area contributed by atoms with Crippen LogP contribution in [0, 0.1) is 23.7 Å². The third kappa shape index (κ3) is 5.90. The van der Waals surface area contributed by atoms with Crippen molar-refractivity contribution in [3.63, 3.8) is 0 Å². The van der Waals surface area contributed by atoms with Crippen LogP contribution in [-0.2, 0) is 24.6 Å². The molecule has 2 aliphatic carbocycles. The Balaban J connectivity index is 1.08. The smallest absolute Gasteiger partial charge is 0.246 e. The maximum Gasteiger partial charge on any atom is 0.246 e. The Morgan fingerprint density at radius 1 is 0.710 bits per heavy atom. The highest BCUT2D eigenvalue weighted by Crippen LogP contribution is 2.65. The number of hydrogen-bond acceptors (Lipinski definition) is 7. The van der Waals surface area contributed by atoms with Crippen LogP contribution in [0.5, 0.6) is 17.2 Å². The van der Waals surface area contributed by atoms with Crippen molar-refractivity contribution in [2.24, 2.45) is 23.7 Å². The van der Waals surface area contributed by atoms with E-state index in [0.717, 1.165) is 22.1 Å². The van der Waals surface area contributed by atoms with Crippen LogP contribution in [0.2, 0.25) is 5.02 Å². The first-order chi connectivity index (χ1) is 30.1. The Hall–Kier alpha value is -6.97. The molecule has 308 valence electrons. The van der Waals surface area contributed by atoms with Gasteiger partial charge in [-0.3, -0.25) is 24.1 Å². The molecular weight excluding hydrogens is 800 g/mol. The molecule has 10 heteroatoms. The van der Waals surface area contributed by atoms with Crippen molar-refractivity contribution in [3.05, 3.63) is 172 Å². The first-order valence-electron chi connectivity index (χ1n) is 20.6. The van der Waals surface area contributed by atoms with Crippen LogP contribution in [-0.4, -0.2) is 43.0 Å². The van der Waals surface area contributed by atoms with Crippen LogP contribution in [0.4, 0.5) is 11.4 Å². The summed E-state index contributed by atoms with van der Waals surface area (Å²) in [7, 11) is 3.21. The molecule has 6 aromatic rings. The summed E-state index contributed by atoms with van der Waals surface area (Å²) in [5.41, 5.74) is 2.81. The summed E-state index contributed by atoms with van der Waals surface area (Å²) in [6, 6.07) is 40.0. The zero-order chi connectivity index (χ0) is 42.9. The lowest BCUT2D eigenvalue weighted by Gasteiger charge is -2.50. The summed E-state index contributed by atoms with van der Waals surface area (Å²) in [6.45, 7) is 0. The van der Waals surface area contributed by atoms with E-state index >= 15 is 9.59 Å². The number of carbonyl (C=O) groups excluding carboxylic acids is 4. The van der Waals surface area contributed by atoms with E-state index in [-0.39, 0.29) is 30.4 Å². The number of nitrogens with zero attached hydrogens (tertiary/aromatic N) is 2. The SMILES string of the molecule is COc1ccc(OC)c(C=Cc2ccc(N3C(=O)C4CC=C5C(CC6C(=O)N(c7cccc(Cl)c7)C(=O)C6(c6ccccc6)C5c5ccc6ccccc6c5O)C4C3=O)cc2)c1. The second-order valence-corrected chi connectivity index (χ2v) is 16.8. The number of phenols is 1. The molecule has 1 N–H and O–H groups in total. The molecule has 62 heavy (non-hydrogen) atoms. The maximum absolute atomic E-state index is 15.6. The number of allylic oxidation sites excluding steroid dienone is 2. The van der Waals surface area contributed by atoms with E-state index in [1.54, 1.807) is 50.6 Å². The lowest BCUT2D eigenvalue weighted by Crippen LogP contribution is -2.53. The Morgan fingerprint density at radius 3 is 2.24 bits per heavy atom. The molecule has 4 aliphatic rings. The summed E-state index contributed by atoms with van der Waals surface area (Å²) in [5.74, 6) is -4.03. The molecule has 2 heterocycles. The summed E-state index contributed by atoms with van der Waals surface area (Å²) < 4.78 is 10.9. The normalized spacial score (nSPS) is 24.3. The summed E-state index contributed by atoms with van der Waals surface area (Å²) in [6.07, 6.45) is 6.22. The number of carbonyl (C=O) groups is 4. The Bertz CT molecular complexity index is 2890. The molecule has 0 spiro atoms. The van der Waals surface area contributed by atoms with Crippen molar-refractivity contribution in [1.29, 1.82) is 0 Å². The van der Waals surface area contributed by atoms with Gasteiger partial charge in [0.15, 0.2) is 0 Å². The van der Waals surface area contributed by atoms with Gasteiger partial charge in [0, 0.05) is 27.5 Å². The first kappa shape index (κ1) is 39.2. The number of imide groups is 2. The fourth-order valence-electron chi connectivity index (χ4n) is 10.7. The average Bonchev–Trinajstić information content (AvgIpc) is 3.69. The zero-order valence-corrected chi connectivity index (χ0v) is 34.7. The van der Waals surface area contributed by atoms with Crippen LogP contribution in [0.15, 0.2) is 145 Å². The number of halogens is 1. The van der Waals surface area contributed by atoms with Gasteiger partial charge in [0.2, 0.25) is 23.6 Å². The highest BCUT2D eigenvalue weighted by molar-refractivity contribution is 6.32. The van der Waals surface area contributed by atoms with E-state index in [1.165, 1.54) is 9.80 Å². The van der Waals surface area contributed by atoms with Crippen molar-refractivity contribution in [1.82, 2.24) is 0 Å². The number of aromatic hydroxyl groups is 1. The minimum absolute atomic E-state index is 0.00159. The van der Waals surface area contributed by atoms with Crippen molar-refractivity contribution in [2.45, 2.75) is 24.2 Å². The van der Waals surface area contributed by atoms with Crippen molar-refractivity contribution >= 4 is 69.5 Å². The number of ether oxygens (including phenoxy) is 2. The highest BCUT2D eigenvalue weighted by Gasteiger charge is 2.70. The van der Waals surface area contributed by atoms with Gasteiger partial charge in [-0.2, -0.15) is 0 Å². The van der Waals surface area contributed by atoms with Crippen LogP contribution < -0.4 is 19.3 Å². The summed E-state index contributed by atoms with van der Waals surface area (Å²) in [4.78, 5) is 62.7. The Labute approximate surface area is 363 Å². The summed E-state index contributed by atoms with van der Waals surface area (Å²) >= 11 is 6.47. The number of rotatable bonds is 8. The lowest BCUT2D eigenvalue weighted by atomic mass is 9.49. The number of phenolic OH excluding ortho intramolecular Hbond substituents is 1. The van der Waals surface area contributed by atoms with Gasteiger partial charge in [-0.1, -0.05) is 120 Å². The second-order valence-electron chi connectivity index (χ2n) is 16.4. The number of anilines is 2. The molecule has 0 bridgehead atoms. The third-order valence-corrected chi connectivity index (χ3v) is 13.7. The van der Waals surface area contributed by atoms with Gasteiger partial charge in [-0.25, -0.2) is 4.90 Å². The molecule has 6 atom stereocenters.